The molecule has 0 aromatic heterocycles. The molecule has 1 fully saturated rings. The molecule has 1 atom stereocenters. The lowest BCUT2D eigenvalue weighted by Gasteiger charge is -2.32. The van der Waals surface area contributed by atoms with Crippen LogP contribution in [0.25, 0.3) is 0 Å². The van der Waals surface area contributed by atoms with Gasteiger partial charge in [-0.05, 0) is 110 Å². The summed E-state index contributed by atoms with van der Waals surface area (Å²) in [5.74, 6) is 0.509. The Kier molecular flexibility index (Phi) is 12.6. The van der Waals surface area contributed by atoms with E-state index in [1.54, 1.807) is 12.1 Å². The van der Waals surface area contributed by atoms with Gasteiger partial charge >= 0.3 is 0 Å². The van der Waals surface area contributed by atoms with E-state index in [-0.39, 0.29) is 30.6 Å². The molecule has 0 bridgehead atoms. The number of halogens is 4. The second kappa shape index (κ2) is 15.4. The van der Waals surface area contributed by atoms with Gasteiger partial charge in [0.2, 0.25) is 0 Å². The van der Waals surface area contributed by atoms with Gasteiger partial charge in [0, 0.05) is 31.2 Å². The minimum Gasteiger partial charge on any atom is -0.388 e. The van der Waals surface area contributed by atoms with Crippen LogP contribution in [0.15, 0.2) is 66.7 Å². The summed E-state index contributed by atoms with van der Waals surface area (Å²) >= 11 is 6.01. The number of rotatable bonds is 8. The number of nitrogens with zero attached hydrogens (tertiary/aromatic N) is 2. The molecule has 0 saturated carbocycles. The Hall–Kier alpha value is -1.66. The molecule has 3 aromatic rings. The third-order valence-electron chi connectivity index (χ3n) is 8.20. The highest BCUT2D eigenvalue weighted by Crippen LogP contribution is 2.29. The number of aliphatic hydroxyl groups excluding tert-OH is 1. The zero-order valence-corrected chi connectivity index (χ0v) is 24.8. The Morgan fingerprint density at radius 1 is 0.769 bits per heavy atom. The quantitative estimate of drug-likeness (QED) is 0.291. The van der Waals surface area contributed by atoms with Gasteiger partial charge in [0.15, 0.2) is 0 Å². The topological polar surface area (TPSA) is 26.7 Å². The summed E-state index contributed by atoms with van der Waals surface area (Å²) in [6.45, 7) is 6.07. The molecule has 0 spiro atoms. The molecule has 2 heterocycles. The van der Waals surface area contributed by atoms with Crippen LogP contribution >= 0.6 is 36.4 Å². The summed E-state index contributed by atoms with van der Waals surface area (Å²) in [7, 11) is 0. The van der Waals surface area contributed by atoms with Crippen molar-refractivity contribution in [2.24, 2.45) is 5.92 Å². The van der Waals surface area contributed by atoms with Crippen molar-refractivity contribution < 1.29 is 9.50 Å². The van der Waals surface area contributed by atoms with E-state index in [1.165, 1.54) is 29.5 Å². The van der Waals surface area contributed by atoms with Crippen molar-refractivity contribution in [1.29, 1.82) is 0 Å². The van der Waals surface area contributed by atoms with Crippen LogP contribution in [-0.4, -0.2) is 41.1 Å². The van der Waals surface area contributed by atoms with Gasteiger partial charge in [-0.2, -0.15) is 0 Å². The first-order valence-electron chi connectivity index (χ1n) is 13.8. The summed E-state index contributed by atoms with van der Waals surface area (Å²) in [5, 5.41) is 11.8. The third-order valence-corrected chi connectivity index (χ3v) is 8.46. The lowest BCUT2D eigenvalue weighted by Crippen LogP contribution is -2.33. The Morgan fingerprint density at radius 3 is 1.97 bits per heavy atom. The van der Waals surface area contributed by atoms with E-state index in [2.05, 4.69) is 40.1 Å². The van der Waals surface area contributed by atoms with Crippen LogP contribution in [0.4, 0.5) is 4.39 Å². The summed E-state index contributed by atoms with van der Waals surface area (Å²) in [4.78, 5) is 4.98. The molecule has 2 aliphatic rings. The second-order valence-corrected chi connectivity index (χ2v) is 11.3. The van der Waals surface area contributed by atoms with Crippen molar-refractivity contribution in [2.45, 2.75) is 57.7 Å². The van der Waals surface area contributed by atoms with Crippen LogP contribution in [0.1, 0.15) is 59.6 Å². The van der Waals surface area contributed by atoms with Gasteiger partial charge in [-0.3, -0.25) is 9.80 Å². The average molecular weight is 594 g/mol. The largest absolute Gasteiger partial charge is 0.388 e. The molecule has 39 heavy (non-hydrogen) atoms. The fraction of sp³-hybridized carbons (Fsp3) is 0.438. The highest BCUT2D eigenvalue weighted by molar-refractivity contribution is 6.30. The van der Waals surface area contributed by atoms with Crippen LogP contribution in [0.3, 0.4) is 0 Å². The molecule has 2 aliphatic heterocycles. The number of hydrogen-bond donors (Lipinski definition) is 1. The molecule has 0 amide bonds. The van der Waals surface area contributed by atoms with E-state index in [0.717, 1.165) is 81.1 Å². The molecule has 0 radical (unpaired) electrons. The first-order valence-corrected chi connectivity index (χ1v) is 14.1. The fourth-order valence-electron chi connectivity index (χ4n) is 5.85. The minimum absolute atomic E-state index is 0. The first-order chi connectivity index (χ1) is 18.0. The normalized spacial score (nSPS) is 17.4. The molecule has 1 N–H and O–H groups in total. The maximum Gasteiger partial charge on any atom is 0.123 e. The smallest absolute Gasteiger partial charge is 0.123 e. The summed E-state index contributed by atoms with van der Waals surface area (Å²) in [6, 6.07) is 21.6. The van der Waals surface area contributed by atoms with Crippen LogP contribution in [0.2, 0.25) is 5.02 Å². The highest BCUT2D eigenvalue weighted by atomic mass is 35.5. The van der Waals surface area contributed by atoms with Crippen molar-refractivity contribution >= 4 is 36.4 Å². The van der Waals surface area contributed by atoms with Crippen molar-refractivity contribution in [2.75, 3.05) is 26.2 Å². The zero-order valence-electron chi connectivity index (χ0n) is 22.4. The van der Waals surface area contributed by atoms with Gasteiger partial charge in [0.1, 0.15) is 5.82 Å². The number of aliphatic hydroxyl groups is 1. The van der Waals surface area contributed by atoms with E-state index in [4.69, 9.17) is 11.6 Å². The van der Waals surface area contributed by atoms with Gasteiger partial charge < -0.3 is 5.11 Å². The van der Waals surface area contributed by atoms with Crippen molar-refractivity contribution in [3.63, 3.8) is 0 Å². The predicted octanol–water partition coefficient (Wildman–Crippen LogP) is 7.65. The van der Waals surface area contributed by atoms with E-state index in [0.29, 0.717) is 5.92 Å². The van der Waals surface area contributed by atoms with Crippen LogP contribution in [0, 0.1) is 11.7 Å². The third kappa shape index (κ3) is 9.18. The molecule has 7 heteroatoms. The maximum atomic E-state index is 13.2. The molecular formula is C32H40Cl3FN2O. The molecule has 3 nitrogen and oxygen atoms in total. The lowest BCUT2D eigenvalue weighted by molar-refractivity contribution is 0.132. The first kappa shape index (κ1) is 31.9. The van der Waals surface area contributed by atoms with E-state index in [9.17, 15) is 9.50 Å². The molecule has 5 rings (SSSR count). The Morgan fingerprint density at radius 2 is 1.33 bits per heavy atom. The lowest BCUT2D eigenvalue weighted by atomic mass is 9.89. The van der Waals surface area contributed by atoms with Gasteiger partial charge in [-0.15, -0.1) is 24.8 Å². The van der Waals surface area contributed by atoms with Crippen molar-refractivity contribution in [3.05, 3.63) is 105 Å². The maximum absolute atomic E-state index is 13.2. The monoisotopic (exact) mass is 592 g/mol. The summed E-state index contributed by atoms with van der Waals surface area (Å²) in [5.41, 5.74) is 6.30. The SMILES string of the molecule is Cl.Cl.OC(CCC1CCN(Cc2ccc(Cl)cc2)CC1)c1ccc2c(c1)CCN(Cc1ccc(F)cc1)CC2. The number of hydrogen-bond acceptors (Lipinski definition) is 3. The molecule has 212 valence electrons. The Balaban J connectivity index is 0.00000210. The standard InChI is InChI=1S/C32H38ClFN2O.2ClH/c33-30-8-1-25(2-9-30)22-35-17-13-24(14-18-35)5-12-32(37)29-7-6-27-15-19-36(20-16-28(27)21-29)23-26-3-10-31(34)11-4-26;;/h1-4,6-11,21,24,32,37H,5,12-20,22-23H2;2*1H. The van der Waals surface area contributed by atoms with E-state index >= 15 is 0 Å². The van der Waals surface area contributed by atoms with Crippen LogP contribution in [-0.2, 0) is 25.9 Å². The fourth-order valence-corrected chi connectivity index (χ4v) is 5.97. The van der Waals surface area contributed by atoms with E-state index < -0.39 is 6.10 Å². The van der Waals surface area contributed by atoms with Gasteiger partial charge in [-0.25, -0.2) is 4.39 Å². The van der Waals surface area contributed by atoms with Crippen LogP contribution < -0.4 is 0 Å². The molecular weight excluding hydrogens is 554 g/mol. The number of piperidine rings is 1. The number of fused-ring (bicyclic) bond motifs is 1. The second-order valence-electron chi connectivity index (χ2n) is 10.9. The Bertz CT molecular complexity index is 1150. The molecule has 1 saturated heterocycles. The van der Waals surface area contributed by atoms with Crippen molar-refractivity contribution in [3.8, 4) is 0 Å². The number of benzene rings is 3. The van der Waals surface area contributed by atoms with Crippen molar-refractivity contribution in [1.82, 2.24) is 9.80 Å². The van der Waals surface area contributed by atoms with Gasteiger partial charge in [0.25, 0.3) is 0 Å². The minimum atomic E-state index is -0.393. The molecule has 3 aromatic carbocycles. The van der Waals surface area contributed by atoms with Gasteiger partial charge in [-0.1, -0.05) is 54.1 Å². The number of likely N-dealkylation sites (tertiary alicyclic amines) is 1. The van der Waals surface area contributed by atoms with Gasteiger partial charge in [0.05, 0.1) is 6.10 Å². The molecule has 1 unspecified atom stereocenters. The Labute approximate surface area is 250 Å². The summed E-state index contributed by atoms with van der Waals surface area (Å²) in [6.07, 6.45) is 5.93. The highest BCUT2D eigenvalue weighted by Gasteiger charge is 2.21. The van der Waals surface area contributed by atoms with Crippen LogP contribution in [0.5, 0.6) is 0 Å². The summed E-state index contributed by atoms with van der Waals surface area (Å²) < 4.78 is 13.2. The van der Waals surface area contributed by atoms with E-state index in [1.807, 2.05) is 24.3 Å². The predicted molar refractivity (Wildman–Crippen MR) is 164 cm³/mol. The average Bonchev–Trinajstić information content (AvgIpc) is 3.12. The molecule has 0 aliphatic carbocycles. The zero-order chi connectivity index (χ0) is 25.6.